The molecule has 6 nitrogen and oxygen atoms in total. The number of carbonyl (C=O) groups excluding carboxylic acids is 1. The molecule has 1 aromatic rings. The van der Waals surface area contributed by atoms with Gasteiger partial charge in [0.05, 0.1) is 26.8 Å². The summed E-state index contributed by atoms with van der Waals surface area (Å²) >= 11 is 0. The van der Waals surface area contributed by atoms with Gasteiger partial charge in [0, 0.05) is 17.7 Å². The fourth-order valence-corrected chi connectivity index (χ4v) is 2.95. The summed E-state index contributed by atoms with van der Waals surface area (Å²) in [5, 5.41) is 10.5. The summed E-state index contributed by atoms with van der Waals surface area (Å²) in [6, 6.07) is 2.99. The molecule has 3 atom stereocenters. The molecule has 3 unspecified atom stereocenters. The highest BCUT2D eigenvalue weighted by atomic mass is 16.5. The minimum absolute atomic E-state index is 0.0910. The van der Waals surface area contributed by atoms with Crippen molar-refractivity contribution in [1.82, 2.24) is 4.90 Å². The van der Waals surface area contributed by atoms with E-state index in [2.05, 4.69) is 0 Å². The maximum absolute atomic E-state index is 12.6. The molecule has 3 N–H and O–H groups in total. The highest BCUT2D eigenvalue weighted by Gasteiger charge is 2.34. The Morgan fingerprint density at radius 3 is 2.57 bits per heavy atom. The van der Waals surface area contributed by atoms with Gasteiger partial charge in [-0.25, -0.2) is 0 Å². The lowest BCUT2D eigenvalue weighted by Gasteiger charge is -2.36. The summed E-state index contributed by atoms with van der Waals surface area (Å²) in [5.74, 6) is 1.18. The van der Waals surface area contributed by atoms with E-state index in [1.165, 1.54) is 0 Å². The average Bonchev–Trinajstić information content (AvgIpc) is 2.58. The topological polar surface area (TPSA) is 85.0 Å². The monoisotopic (exact) mass is 322 g/mol. The number of β-amino-alcohol motifs (C(OH)–C–C–N with tert-alkyl or cyclic N) is 1. The lowest BCUT2D eigenvalue weighted by molar-refractivity contribution is -0.136. The van der Waals surface area contributed by atoms with E-state index < -0.39 is 12.1 Å². The number of aliphatic hydroxyl groups excluding tert-OH is 1. The normalized spacial score (nSPS) is 19.7. The van der Waals surface area contributed by atoms with Crippen molar-refractivity contribution in [1.29, 1.82) is 0 Å². The molecular weight excluding hydrogens is 296 g/mol. The molecular formula is C17H26N2O4. The maximum atomic E-state index is 12.6. The van der Waals surface area contributed by atoms with Crippen molar-refractivity contribution in [2.45, 2.75) is 39.0 Å². The van der Waals surface area contributed by atoms with E-state index in [0.29, 0.717) is 23.6 Å². The van der Waals surface area contributed by atoms with Crippen molar-refractivity contribution in [3.05, 3.63) is 23.3 Å². The van der Waals surface area contributed by atoms with Gasteiger partial charge in [-0.2, -0.15) is 0 Å². The van der Waals surface area contributed by atoms with Crippen molar-refractivity contribution in [3.63, 3.8) is 0 Å². The molecule has 6 heteroatoms. The van der Waals surface area contributed by atoms with Crippen LogP contribution in [0.2, 0.25) is 0 Å². The van der Waals surface area contributed by atoms with E-state index in [1.807, 2.05) is 13.8 Å². The molecule has 0 bridgehead atoms. The Hall–Kier alpha value is -1.79. The van der Waals surface area contributed by atoms with Gasteiger partial charge in [-0.1, -0.05) is 20.3 Å². The predicted molar refractivity (Wildman–Crippen MR) is 87.4 cm³/mol. The number of nitrogens with two attached hydrogens (primary N) is 1. The van der Waals surface area contributed by atoms with Gasteiger partial charge in [-0.3, -0.25) is 4.79 Å². The van der Waals surface area contributed by atoms with Gasteiger partial charge >= 0.3 is 0 Å². The first-order valence-corrected chi connectivity index (χ1v) is 7.90. The molecule has 23 heavy (non-hydrogen) atoms. The number of nitrogens with zero attached hydrogens (tertiary/aromatic N) is 1. The standard InChI is InChI=1S/C17H26N2O4/c1-5-10(2)16(18)17(21)19-8-11-13(22-3)6-7-14(23-4)15(11)12(20)9-19/h6-7,10,12,16,20H,5,8-9,18H2,1-4H3. The summed E-state index contributed by atoms with van der Waals surface area (Å²) in [5.41, 5.74) is 7.53. The van der Waals surface area contributed by atoms with Crippen LogP contribution in [0.15, 0.2) is 12.1 Å². The van der Waals surface area contributed by atoms with Gasteiger partial charge in [-0.15, -0.1) is 0 Å². The van der Waals surface area contributed by atoms with Crippen LogP contribution in [-0.2, 0) is 11.3 Å². The summed E-state index contributed by atoms with van der Waals surface area (Å²) in [6.07, 6.45) is 0.00806. The molecule has 0 spiro atoms. The minimum atomic E-state index is -0.822. The van der Waals surface area contributed by atoms with Gasteiger partial charge in [0.1, 0.15) is 17.6 Å². The Labute approximate surface area is 137 Å². The van der Waals surface area contributed by atoms with Gasteiger partial charge in [0.25, 0.3) is 0 Å². The molecule has 0 saturated carbocycles. The summed E-state index contributed by atoms with van der Waals surface area (Å²) in [7, 11) is 3.13. The van der Waals surface area contributed by atoms with E-state index in [4.69, 9.17) is 15.2 Å². The number of ether oxygens (including phenoxy) is 2. The van der Waals surface area contributed by atoms with Crippen LogP contribution in [0, 0.1) is 5.92 Å². The minimum Gasteiger partial charge on any atom is -0.496 e. The van der Waals surface area contributed by atoms with Gasteiger partial charge in [0.2, 0.25) is 5.91 Å². The van der Waals surface area contributed by atoms with Crippen LogP contribution < -0.4 is 15.2 Å². The predicted octanol–water partition coefficient (Wildman–Crippen LogP) is 1.45. The molecule has 0 aliphatic carbocycles. The number of hydrogen-bond donors (Lipinski definition) is 2. The Bertz CT molecular complexity index is 576. The summed E-state index contributed by atoms with van der Waals surface area (Å²) in [6.45, 7) is 4.53. The van der Waals surface area contributed by atoms with E-state index in [1.54, 1.807) is 31.3 Å². The highest BCUT2D eigenvalue weighted by Crippen LogP contribution is 2.39. The van der Waals surface area contributed by atoms with Crippen LogP contribution in [0.5, 0.6) is 11.5 Å². The number of fused-ring (bicyclic) bond motifs is 1. The molecule has 0 saturated heterocycles. The van der Waals surface area contributed by atoms with E-state index in [0.717, 1.165) is 12.0 Å². The number of methoxy groups -OCH3 is 2. The summed E-state index contributed by atoms with van der Waals surface area (Å²) < 4.78 is 10.7. The van der Waals surface area contributed by atoms with Crippen LogP contribution in [0.3, 0.4) is 0 Å². The molecule has 1 aromatic carbocycles. The number of benzene rings is 1. The van der Waals surface area contributed by atoms with Gasteiger partial charge in [0.15, 0.2) is 0 Å². The Kier molecular flexibility index (Phi) is 5.49. The number of hydrogen-bond acceptors (Lipinski definition) is 5. The second kappa shape index (κ2) is 7.19. The molecule has 0 aromatic heterocycles. The van der Waals surface area contributed by atoms with Crippen molar-refractivity contribution in [2.75, 3.05) is 20.8 Å². The Morgan fingerprint density at radius 2 is 2.00 bits per heavy atom. The van der Waals surface area contributed by atoms with Crippen LogP contribution in [0.1, 0.15) is 37.5 Å². The smallest absolute Gasteiger partial charge is 0.240 e. The van der Waals surface area contributed by atoms with E-state index in [9.17, 15) is 9.90 Å². The van der Waals surface area contributed by atoms with Crippen LogP contribution in [0.4, 0.5) is 0 Å². The highest BCUT2D eigenvalue weighted by molar-refractivity contribution is 5.82. The molecule has 1 heterocycles. The zero-order chi connectivity index (χ0) is 17.1. The van der Waals surface area contributed by atoms with Crippen molar-refractivity contribution in [3.8, 4) is 11.5 Å². The molecule has 128 valence electrons. The molecule has 0 radical (unpaired) electrons. The lowest BCUT2D eigenvalue weighted by Crippen LogP contribution is -2.49. The van der Waals surface area contributed by atoms with Gasteiger partial charge < -0.3 is 25.2 Å². The lowest BCUT2D eigenvalue weighted by atomic mass is 9.93. The fraction of sp³-hybridized carbons (Fsp3) is 0.588. The van der Waals surface area contributed by atoms with Crippen molar-refractivity contribution >= 4 is 5.91 Å². The molecule has 0 fully saturated rings. The van der Waals surface area contributed by atoms with Crippen molar-refractivity contribution < 1.29 is 19.4 Å². The Balaban J connectivity index is 2.35. The van der Waals surface area contributed by atoms with E-state index in [-0.39, 0.29) is 18.4 Å². The van der Waals surface area contributed by atoms with Gasteiger partial charge in [-0.05, 0) is 18.1 Å². The summed E-state index contributed by atoms with van der Waals surface area (Å²) in [4.78, 5) is 14.2. The first-order chi connectivity index (χ1) is 10.9. The zero-order valence-electron chi connectivity index (χ0n) is 14.2. The third-order valence-electron chi connectivity index (χ3n) is 4.64. The maximum Gasteiger partial charge on any atom is 0.240 e. The molecule has 1 aliphatic rings. The average molecular weight is 322 g/mol. The number of carbonyl (C=O) groups is 1. The van der Waals surface area contributed by atoms with Crippen LogP contribution >= 0.6 is 0 Å². The fourth-order valence-electron chi connectivity index (χ4n) is 2.95. The first kappa shape index (κ1) is 17.6. The SMILES string of the molecule is CCC(C)C(N)C(=O)N1Cc2c(OC)ccc(OC)c2C(O)C1. The zero-order valence-corrected chi connectivity index (χ0v) is 14.2. The third-order valence-corrected chi connectivity index (χ3v) is 4.64. The number of rotatable bonds is 5. The largest absolute Gasteiger partial charge is 0.496 e. The Morgan fingerprint density at radius 1 is 1.39 bits per heavy atom. The molecule has 2 rings (SSSR count). The van der Waals surface area contributed by atoms with Crippen LogP contribution in [0.25, 0.3) is 0 Å². The second-order valence-corrected chi connectivity index (χ2v) is 6.01. The van der Waals surface area contributed by atoms with E-state index >= 15 is 0 Å². The quantitative estimate of drug-likeness (QED) is 0.857. The molecule has 1 amide bonds. The van der Waals surface area contributed by atoms with Crippen LogP contribution in [-0.4, -0.2) is 42.7 Å². The third kappa shape index (κ3) is 3.28. The number of amides is 1. The molecule has 1 aliphatic heterocycles. The second-order valence-electron chi connectivity index (χ2n) is 6.01. The number of aliphatic hydroxyl groups is 1. The van der Waals surface area contributed by atoms with Crippen molar-refractivity contribution in [2.24, 2.45) is 11.7 Å². The first-order valence-electron chi connectivity index (χ1n) is 7.90.